The SMILES string of the molecule is O=C(Nc1ccc2c(c1)OCO2)C1CCCN(c2ncc(-c3ccc(F)cc3)cn2)C1. The van der Waals surface area contributed by atoms with Gasteiger partial charge in [0.2, 0.25) is 18.6 Å². The standard InChI is InChI=1S/C23H21FN4O3/c24-18-5-3-15(4-6-18)17-11-25-23(26-12-17)28-9-1-2-16(13-28)22(29)27-19-7-8-20-21(10-19)31-14-30-20/h3-8,10-12,16H,1-2,9,13-14H2,(H,27,29). The third-order valence-electron chi connectivity index (χ3n) is 5.53. The normalized spacial score (nSPS) is 17.5. The minimum Gasteiger partial charge on any atom is -0.454 e. The summed E-state index contributed by atoms with van der Waals surface area (Å²) in [6, 6.07) is 11.6. The third kappa shape index (κ3) is 4.14. The molecule has 0 aliphatic carbocycles. The summed E-state index contributed by atoms with van der Waals surface area (Å²) in [5.74, 6) is 1.43. The number of carbonyl (C=O) groups is 1. The number of benzene rings is 2. The molecule has 5 rings (SSSR count). The molecule has 7 nitrogen and oxygen atoms in total. The summed E-state index contributed by atoms with van der Waals surface area (Å²) in [5.41, 5.74) is 2.36. The first kappa shape index (κ1) is 19.3. The first-order valence-corrected chi connectivity index (χ1v) is 10.2. The van der Waals surface area contributed by atoms with E-state index in [9.17, 15) is 9.18 Å². The van der Waals surface area contributed by atoms with Crippen molar-refractivity contribution in [2.75, 3.05) is 30.1 Å². The van der Waals surface area contributed by atoms with E-state index in [2.05, 4.69) is 15.3 Å². The fourth-order valence-corrected chi connectivity index (χ4v) is 3.87. The van der Waals surface area contributed by atoms with Crippen molar-refractivity contribution in [3.8, 4) is 22.6 Å². The molecule has 1 amide bonds. The first-order chi connectivity index (χ1) is 15.2. The van der Waals surface area contributed by atoms with Crippen LogP contribution < -0.4 is 19.7 Å². The number of rotatable bonds is 4. The smallest absolute Gasteiger partial charge is 0.231 e. The van der Waals surface area contributed by atoms with Gasteiger partial charge in [0.15, 0.2) is 11.5 Å². The summed E-state index contributed by atoms with van der Waals surface area (Å²) in [6.07, 6.45) is 5.14. The lowest BCUT2D eigenvalue weighted by Gasteiger charge is -2.32. The molecule has 8 heteroatoms. The van der Waals surface area contributed by atoms with Gasteiger partial charge in [0, 0.05) is 42.8 Å². The Hall–Kier alpha value is -3.68. The van der Waals surface area contributed by atoms with E-state index in [1.807, 2.05) is 11.0 Å². The molecule has 31 heavy (non-hydrogen) atoms. The van der Waals surface area contributed by atoms with Gasteiger partial charge < -0.3 is 19.7 Å². The van der Waals surface area contributed by atoms with Gasteiger partial charge in [-0.1, -0.05) is 12.1 Å². The van der Waals surface area contributed by atoms with Crippen LogP contribution in [0.2, 0.25) is 0 Å². The molecule has 0 spiro atoms. The van der Waals surface area contributed by atoms with Gasteiger partial charge in [0.05, 0.1) is 5.92 Å². The molecule has 2 aliphatic heterocycles. The molecule has 3 heterocycles. The van der Waals surface area contributed by atoms with Gasteiger partial charge in [0.25, 0.3) is 0 Å². The molecule has 0 radical (unpaired) electrons. The minimum absolute atomic E-state index is 0.0357. The second-order valence-electron chi connectivity index (χ2n) is 7.62. The highest BCUT2D eigenvalue weighted by Crippen LogP contribution is 2.34. The van der Waals surface area contributed by atoms with E-state index < -0.39 is 0 Å². The molecule has 1 unspecified atom stereocenters. The van der Waals surface area contributed by atoms with E-state index in [-0.39, 0.29) is 24.4 Å². The van der Waals surface area contributed by atoms with Gasteiger partial charge in [-0.25, -0.2) is 14.4 Å². The van der Waals surface area contributed by atoms with E-state index in [0.29, 0.717) is 29.7 Å². The molecule has 3 aromatic rings. The first-order valence-electron chi connectivity index (χ1n) is 10.2. The molecule has 2 aromatic carbocycles. The predicted octanol–water partition coefficient (Wildman–Crippen LogP) is 3.87. The highest BCUT2D eigenvalue weighted by molar-refractivity contribution is 5.93. The average Bonchev–Trinajstić information content (AvgIpc) is 3.28. The van der Waals surface area contributed by atoms with Crippen molar-refractivity contribution in [2.24, 2.45) is 5.92 Å². The van der Waals surface area contributed by atoms with Gasteiger partial charge in [-0.2, -0.15) is 0 Å². The van der Waals surface area contributed by atoms with E-state index >= 15 is 0 Å². The lowest BCUT2D eigenvalue weighted by atomic mass is 9.97. The number of nitrogens with one attached hydrogen (secondary N) is 1. The fourth-order valence-electron chi connectivity index (χ4n) is 3.87. The molecule has 0 saturated carbocycles. The van der Waals surface area contributed by atoms with Crippen LogP contribution in [0.25, 0.3) is 11.1 Å². The van der Waals surface area contributed by atoms with E-state index in [0.717, 1.165) is 30.5 Å². The summed E-state index contributed by atoms with van der Waals surface area (Å²) >= 11 is 0. The number of aromatic nitrogens is 2. The van der Waals surface area contributed by atoms with Crippen LogP contribution in [0.1, 0.15) is 12.8 Å². The Morgan fingerprint density at radius 2 is 1.81 bits per heavy atom. The number of piperidine rings is 1. The molecule has 1 fully saturated rings. The van der Waals surface area contributed by atoms with Gasteiger partial charge in [-0.15, -0.1) is 0 Å². The second kappa shape index (κ2) is 8.22. The molecule has 1 aromatic heterocycles. The van der Waals surface area contributed by atoms with Crippen LogP contribution in [0.15, 0.2) is 54.9 Å². The van der Waals surface area contributed by atoms with Crippen molar-refractivity contribution in [1.29, 1.82) is 0 Å². The Bertz CT molecular complexity index is 1090. The van der Waals surface area contributed by atoms with Crippen LogP contribution in [-0.2, 0) is 4.79 Å². The predicted molar refractivity (Wildman–Crippen MR) is 114 cm³/mol. The Kier molecular flexibility index (Phi) is 5.11. The maximum Gasteiger partial charge on any atom is 0.231 e. The minimum atomic E-state index is -0.278. The van der Waals surface area contributed by atoms with E-state index in [4.69, 9.17) is 9.47 Å². The Labute approximate surface area is 178 Å². The van der Waals surface area contributed by atoms with Crippen LogP contribution in [0.5, 0.6) is 11.5 Å². The number of anilines is 2. The van der Waals surface area contributed by atoms with Crippen LogP contribution in [0, 0.1) is 11.7 Å². The van der Waals surface area contributed by atoms with E-state index in [1.54, 1.807) is 36.7 Å². The number of fused-ring (bicyclic) bond motifs is 1. The second-order valence-corrected chi connectivity index (χ2v) is 7.62. The molecule has 2 aliphatic rings. The fraction of sp³-hybridized carbons (Fsp3) is 0.261. The van der Waals surface area contributed by atoms with E-state index in [1.165, 1.54) is 12.1 Å². The molecule has 158 valence electrons. The summed E-state index contributed by atoms with van der Waals surface area (Å²) < 4.78 is 23.8. The monoisotopic (exact) mass is 420 g/mol. The zero-order chi connectivity index (χ0) is 21.2. The quantitative estimate of drug-likeness (QED) is 0.691. The molecule has 1 N–H and O–H groups in total. The summed E-state index contributed by atoms with van der Waals surface area (Å²) in [4.78, 5) is 23.8. The molecule has 1 saturated heterocycles. The lowest BCUT2D eigenvalue weighted by Crippen LogP contribution is -2.41. The number of hydrogen-bond donors (Lipinski definition) is 1. The Morgan fingerprint density at radius 3 is 2.61 bits per heavy atom. The number of halogens is 1. The zero-order valence-corrected chi connectivity index (χ0v) is 16.8. The average molecular weight is 420 g/mol. The van der Waals surface area contributed by atoms with Gasteiger partial charge in [-0.3, -0.25) is 4.79 Å². The molecular formula is C23H21FN4O3. The maximum atomic E-state index is 13.1. The van der Waals surface area contributed by atoms with Crippen molar-refractivity contribution >= 4 is 17.5 Å². The van der Waals surface area contributed by atoms with Crippen molar-refractivity contribution in [3.63, 3.8) is 0 Å². The highest BCUT2D eigenvalue weighted by atomic mass is 19.1. The third-order valence-corrected chi connectivity index (χ3v) is 5.53. The van der Waals surface area contributed by atoms with Crippen LogP contribution >= 0.6 is 0 Å². The molecule has 0 bridgehead atoms. The molecule has 1 atom stereocenters. The highest BCUT2D eigenvalue weighted by Gasteiger charge is 2.27. The number of nitrogens with zero attached hydrogens (tertiary/aromatic N) is 3. The summed E-state index contributed by atoms with van der Waals surface area (Å²) in [5, 5.41) is 2.98. The van der Waals surface area contributed by atoms with Crippen molar-refractivity contribution in [1.82, 2.24) is 9.97 Å². The number of carbonyl (C=O) groups excluding carboxylic acids is 1. The number of ether oxygens (including phenoxy) is 2. The van der Waals surface area contributed by atoms with Crippen molar-refractivity contribution in [2.45, 2.75) is 12.8 Å². The Balaban J connectivity index is 1.24. The number of amides is 1. The van der Waals surface area contributed by atoms with Gasteiger partial charge in [-0.05, 0) is 42.7 Å². The summed E-state index contributed by atoms with van der Waals surface area (Å²) in [7, 11) is 0. The largest absolute Gasteiger partial charge is 0.454 e. The van der Waals surface area contributed by atoms with Crippen molar-refractivity contribution < 1.29 is 18.7 Å². The zero-order valence-electron chi connectivity index (χ0n) is 16.8. The van der Waals surface area contributed by atoms with Crippen molar-refractivity contribution in [3.05, 3.63) is 60.7 Å². The topological polar surface area (TPSA) is 76.6 Å². The molecular weight excluding hydrogens is 399 g/mol. The van der Waals surface area contributed by atoms with Gasteiger partial charge >= 0.3 is 0 Å². The summed E-state index contributed by atoms with van der Waals surface area (Å²) in [6.45, 7) is 1.54. The maximum absolute atomic E-state index is 13.1. The van der Waals surface area contributed by atoms with Crippen LogP contribution in [0.3, 0.4) is 0 Å². The lowest BCUT2D eigenvalue weighted by molar-refractivity contribution is -0.120. The number of hydrogen-bond acceptors (Lipinski definition) is 6. The van der Waals surface area contributed by atoms with Gasteiger partial charge in [0.1, 0.15) is 5.82 Å². The van der Waals surface area contributed by atoms with Crippen LogP contribution in [0.4, 0.5) is 16.0 Å². The van der Waals surface area contributed by atoms with Crippen LogP contribution in [-0.4, -0.2) is 35.8 Å². The Morgan fingerprint density at radius 1 is 1.03 bits per heavy atom.